The lowest BCUT2D eigenvalue weighted by molar-refractivity contribution is -0.188. The van der Waals surface area contributed by atoms with Gasteiger partial charge in [0.15, 0.2) is 0 Å². The van der Waals surface area contributed by atoms with Crippen molar-refractivity contribution in [2.45, 2.75) is 96.6 Å². The molecule has 0 radical (unpaired) electrons. The van der Waals surface area contributed by atoms with Gasteiger partial charge in [-0.2, -0.15) is 0 Å². The molecule has 3 saturated carbocycles. The number of ether oxygens (including phenoxy) is 1. The van der Waals surface area contributed by atoms with Gasteiger partial charge in [-0.3, -0.25) is 9.59 Å². The van der Waals surface area contributed by atoms with E-state index in [2.05, 4.69) is 24.1 Å². The van der Waals surface area contributed by atoms with Crippen LogP contribution >= 0.6 is 0 Å². The van der Waals surface area contributed by atoms with Crippen molar-refractivity contribution in [3.8, 4) is 0 Å². The molecule has 3 rings (SSSR count). The van der Waals surface area contributed by atoms with Gasteiger partial charge >= 0.3 is 0 Å². The molecule has 3 fully saturated rings. The molecule has 5 nitrogen and oxygen atoms in total. The summed E-state index contributed by atoms with van der Waals surface area (Å²) in [5.41, 5.74) is 0.194. The molecule has 0 heterocycles. The van der Waals surface area contributed by atoms with E-state index in [0.717, 1.165) is 45.3 Å². The van der Waals surface area contributed by atoms with Crippen molar-refractivity contribution >= 4 is 11.8 Å². The van der Waals surface area contributed by atoms with Gasteiger partial charge < -0.3 is 15.0 Å². The van der Waals surface area contributed by atoms with Crippen LogP contribution in [-0.4, -0.2) is 48.6 Å². The Morgan fingerprint density at radius 3 is 2.52 bits per heavy atom. The van der Waals surface area contributed by atoms with E-state index in [1.165, 1.54) is 32.1 Å². The van der Waals surface area contributed by atoms with E-state index in [1.54, 1.807) is 0 Å². The molecule has 1 N–H and O–H groups in total. The molecule has 0 aromatic heterocycles. The largest absolute Gasteiger partial charge is 0.378 e. The van der Waals surface area contributed by atoms with Gasteiger partial charge in [0.05, 0.1) is 6.10 Å². The lowest BCUT2D eigenvalue weighted by Gasteiger charge is -2.60. The second-order valence-electron chi connectivity index (χ2n) is 8.75. The molecule has 27 heavy (non-hydrogen) atoms. The fourth-order valence-corrected chi connectivity index (χ4v) is 5.24. The van der Waals surface area contributed by atoms with E-state index in [4.69, 9.17) is 4.74 Å². The van der Waals surface area contributed by atoms with Crippen LogP contribution in [0.25, 0.3) is 0 Å². The highest BCUT2D eigenvalue weighted by molar-refractivity contribution is 5.81. The average Bonchev–Trinajstić information content (AvgIpc) is 3.52. The Hall–Kier alpha value is -1.10. The Bertz CT molecular complexity index is 512. The molecule has 154 valence electrons. The summed E-state index contributed by atoms with van der Waals surface area (Å²) in [6.07, 6.45) is 11.9. The summed E-state index contributed by atoms with van der Waals surface area (Å²) in [5, 5.41) is 2.98. The number of rotatable bonds is 10. The SMILES string of the molecule is CCCN(C(=O)CCCNC(=O)C1CC1)[C@@H]1C[C@H](OCC)C12CCCCC2. The highest BCUT2D eigenvalue weighted by Gasteiger charge is 2.58. The van der Waals surface area contributed by atoms with E-state index in [-0.39, 0.29) is 23.1 Å². The minimum atomic E-state index is 0.174. The summed E-state index contributed by atoms with van der Waals surface area (Å²) in [7, 11) is 0. The molecule has 0 aliphatic heterocycles. The monoisotopic (exact) mass is 378 g/mol. The van der Waals surface area contributed by atoms with Crippen LogP contribution in [0.2, 0.25) is 0 Å². The summed E-state index contributed by atoms with van der Waals surface area (Å²) in [6, 6.07) is 0.350. The number of hydrogen-bond donors (Lipinski definition) is 1. The van der Waals surface area contributed by atoms with Crippen molar-refractivity contribution < 1.29 is 14.3 Å². The average molecular weight is 379 g/mol. The zero-order chi connectivity index (χ0) is 19.3. The third kappa shape index (κ3) is 4.67. The van der Waals surface area contributed by atoms with Gasteiger partial charge in [0.25, 0.3) is 0 Å². The van der Waals surface area contributed by atoms with Crippen molar-refractivity contribution in [2.75, 3.05) is 19.7 Å². The van der Waals surface area contributed by atoms with Gasteiger partial charge in [-0.25, -0.2) is 0 Å². The van der Waals surface area contributed by atoms with E-state index in [0.29, 0.717) is 25.1 Å². The minimum Gasteiger partial charge on any atom is -0.378 e. The van der Waals surface area contributed by atoms with Crippen molar-refractivity contribution in [1.82, 2.24) is 10.2 Å². The van der Waals surface area contributed by atoms with Crippen LogP contribution < -0.4 is 5.32 Å². The molecule has 3 aliphatic rings. The maximum absolute atomic E-state index is 13.0. The topological polar surface area (TPSA) is 58.6 Å². The first-order valence-corrected chi connectivity index (χ1v) is 11.3. The summed E-state index contributed by atoms with van der Waals surface area (Å²) in [5.74, 6) is 0.684. The summed E-state index contributed by atoms with van der Waals surface area (Å²) in [6.45, 7) is 6.47. The Kier molecular flexibility index (Phi) is 7.18. The van der Waals surface area contributed by atoms with Crippen LogP contribution in [0.4, 0.5) is 0 Å². The number of nitrogens with one attached hydrogen (secondary N) is 1. The number of amides is 2. The highest BCUT2D eigenvalue weighted by atomic mass is 16.5. The van der Waals surface area contributed by atoms with Gasteiger partial charge in [-0.05, 0) is 51.9 Å². The number of nitrogens with zero attached hydrogens (tertiary/aromatic N) is 1. The molecule has 2 amide bonds. The molecular formula is C22H38N2O3. The first kappa shape index (κ1) is 20.6. The Balaban J connectivity index is 1.54. The first-order chi connectivity index (χ1) is 13.1. The second-order valence-corrected chi connectivity index (χ2v) is 8.75. The lowest BCUT2D eigenvalue weighted by atomic mass is 9.54. The molecule has 2 atom stereocenters. The normalized spacial score (nSPS) is 26.4. The van der Waals surface area contributed by atoms with Crippen molar-refractivity contribution in [3.63, 3.8) is 0 Å². The van der Waals surface area contributed by atoms with E-state index >= 15 is 0 Å². The third-order valence-corrected chi connectivity index (χ3v) is 6.87. The first-order valence-electron chi connectivity index (χ1n) is 11.3. The quantitative estimate of drug-likeness (QED) is 0.590. The van der Waals surface area contributed by atoms with Crippen LogP contribution in [0, 0.1) is 11.3 Å². The Labute approximate surface area is 164 Å². The predicted molar refractivity (Wildman–Crippen MR) is 106 cm³/mol. The van der Waals surface area contributed by atoms with E-state index in [1.807, 2.05) is 0 Å². The highest BCUT2D eigenvalue weighted by Crippen LogP contribution is 2.55. The van der Waals surface area contributed by atoms with Crippen LogP contribution in [0.5, 0.6) is 0 Å². The van der Waals surface area contributed by atoms with Crippen LogP contribution in [0.15, 0.2) is 0 Å². The predicted octanol–water partition coefficient (Wildman–Crippen LogP) is 3.66. The third-order valence-electron chi connectivity index (χ3n) is 6.87. The fourth-order valence-electron chi connectivity index (χ4n) is 5.24. The molecule has 0 bridgehead atoms. The zero-order valence-electron chi connectivity index (χ0n) is 17.3. The maximum atomic E-state index is 13.0. The summed E-state index contributed by atoms with van der Waals surface area (Å²) >= 11 is 0. The molecule has 0 aromatic carbocycles. The van der Waals surface area contributed by atoms with E-state index < -0.39 is 0 Å². The summed E-state index contributed by atoms with van der Waals surface area (Å²) < 4.78 is 6.08. The molecule has 1 spiro atoms. The number of hydrogen-bond acceptors (Lipinski definition) is 3. The molecule has 0 aromatic rings. The Morgan fingerprint density at radius 2 is 1.89 bits per heavy atom. The molecule has 3 aliphatic carbocycles. The van der Waals surface area contributed by atoms with Gasteiger partial charge in [0.2, 0.25) is 11.8 Å². The van der Waals surface area contributed by atoms with E-state index in [9.17, 15) is 9.59 Å². The van der Waals surface area contributed by atoms with Crippen molar-refractivity contribution in [1.29, 1.82) is 0 Å². The molecular weight excluding hydrogens is 340 g/mol. The Morgan fingerprint density at radius 1 is 1.15 bits per heavy atom. The zero-order valence-corrected chi connectivity index (χ0v) is 17.3. The van der Waals surface area contributed by atoms with Crippen molar-refractivity contribution in [2.24, 2.45) is 11.3 Å². The maximum Gasteiger partial charge on any atom is 0.223 e. The fraction of sp³-hybridized carbons (Fsp3) is 0.909. The standard InChI is InChI=1S/C22H38N2O3/c1-3-15-24(20(25)9-8-14-23-21(26)17-10-11-17)18-16-19(27-4-2)22(18)12-6-5-7-13-22/h17-19H,3-16H2,1-2H3,(H,23,26)/t18-,19+/m1/s1. The minimum absolute atomic E-state index is 0.174. The number of carbonyl (C=O) groups excluding carboxylic acids is 2. The van der Waals surface area contributed by atoms with Crippen LogP contribution in [0.3, 0.4) is 0 Å². The molecule has 5 heteroatoms. The second kappa shape index (κ2) is 9.40. The smallest absolute Gasteiger partial charge is 0.223 e. The van der Waals surface area contributed by atoms with Crippen LogP contribution in [0.1, 0.15) is 84.5 Å². The van der Waals surface area contributed by atoms with Gasteiger partial charge in [-0.15, -0.1) is 0 Å². The van der Waals surface area contributed by atoms with Crippen LogP contribution in [-0.2, 0) is 14.3 Å². The molecule has 0 saturated heterocycles. The van der Waals surface area contributed by atoms with Crippen molar-refractivity contribution in [3.05, 3.63) is 0 Å². The van der Waals surface area contributed by atoms with Gasteiger partial charge in [0.1, 0.15) is 0 Å². The molecule has 0 unspecified atom stereocenters. The van der Waals surface area contributed by atoms with Gasteiger partial charge in [0, 0.05) is 43.5 Å². The number of carbonyl (C=O) groups is 2. The lowest BCUT2D eigenvalue weighted by Crippen LogP contribution is -2.66. The van der Waals surface area contributed by atoms with Gasteiger partial charge in [-0.1, -0.05) is 26.2 Å². The summed E-state index contributed by atoms with van der Waals surface area (Å²) in [4.78, 5) is 26.9.